The van der Waals surface area contributed by atoms with Crippen LogP contribution in [0.25, 0.3) is 0 Å². The monoisotopic (exact) mass is 297 g/mol. The summed E-state index contributed by atoms with van der Waals surface area (Å²) in [6.07, 6.45) is 5.83. The number of hydrogen-bond donors (Lipinski definition) is 2. The molecule has 2 rings (SSSR count). The third kappa shape index (κ3) is 3.04. The molecule has 0 aromatic carbocycles. The summed E-state index contributed by atoms with van der Waals surface area (Å²) in [6.45, 7) is 0. The van der Waals surface area contributed by atoms with E-state index in [0.717, 1.165) is 25.7 Å². The van der Waals surface area contributed by atoms with Crippen LogP contribution in [0.2, 0.25) is 0 Å². The van der Waals surface area contributed by atoms with Crippen molar-refractivity contribution in [3.8, 4) is 0 Å². The quantitative estimate of drug-likeness (QED) is 0.875. The summed E-state index contributed by atoms with van der Waals surface area (Å²) in [6, 6.07) is 3.73. The van der Waals surface area contributed by atoms with Crippen LogP contribution in [0, 0.1) is 0 Å². The summed E-state index contributed by atoms with van der Waals surface area (Å²) in [7, 11) is 0. The Labute approximate surface area is 109 Å². The second kappa shape index (κ2) is 5.60. The topological polar surface area (TPSA) is 68.0 Å². The predicted molar refractivity (Wildman–Crippen MR) is 69.6 cm³/mol. The number of halogens is 1. The molecule has 4 nitrogen and oxygen atoms in total. The molecule has 0 aliphatic heterocycles. The normalized spacial score (nSPS) is 24.4. The third-order valence-corrected chi connectivity index (χ3v) is 3.75. The number of nitrogens with two attached hydrogens (primary N) is 1. The molecule has 1 aromatic rings. The average Bonchev–Trinajstić information content (AvgIpc) is 2.32. The molecule has 1 amide bonds. The first-order valence-corrected chi connectivity index (χ1v) is 6.65. The molecule has 92 valence electrons. The van der Waals surface area contributed by atoms with Crippen molar-refractivity contribution in [1.82, 2.24) is 10.3 Å². The van der Waals surface area contributed by atoms with E-state index in [1.165, 1.54) is 0 Å². The van der Waals surface area contributed by atoms with E-state index in [1.807, 2.05) is 6.07 Å². The Kier molecular flexibility index (Phi) is 4.12. The van der Waals surface area contributed by atoms with Crippen molar-refractivity contribution in [3.63, 3.8) is 0 Å². The van der Waals surface area contributed by atoms with Crippen molar-refractivity contribution in [3.05, 3.63) is 28.5 Å². The van der Waals surface area contributed by atoms with Gasteiger partial charge in [-0.2, -0.15) is 0 Å². The lowest BCUT2D eigenvalue weighted by atomic mass is 9.91. The summed E-state index contributed by atoms with van der Waals surface area (Å²) in [5, 5.41) is 2.97. The van der Waals surface area contributed by atoms with E-state index in [1.54, 1.807) is 12.3 Å². The number of amides is 1. The number of pyridine rings is 1. The molecule has 3 N–H and O–H groups in total. The van der Waals surface area contributed by atoms with Gasteiger partial charge in [0.2, 0.25) is 0 Å². The van der Waals surface area contributed by atoms with Gasteiger partial charge in [0.1, 0.15) is 5.69 Å². The van der Waals surface area contributed by atoms with Gasteiger partial charge in [-0.25, -0.2) is 4.98 Å². The molecule has 1 fully saturated rings. The SMILES string of the molecule is NC1CCCCC1NC(=O)c1ncccc1Br. The van der Waals surface area contributed by atoms with Gasteiger partial charge in [-0.1, -0.05) is 12.8 Å². The number of carbonyl (C=O) groups is 1. The van der Waals surface area contributed by atoms with Crippen molar-refractivity contribution >= 4 is 21.8 Å². The van der Waals surface area contributed by atoms with Gasteiger partial charge in [-0.15, -0.1) is 0 Å². The molecule has 0 radical (unpaired) electrons. The van der Waals surface area contributed by atoms with Gasteiger partial charge in [0.05, 0.1) is 0 Å². The summed E-state index contributed by atoms with van der Waals surface area (Å²) in [4.78, 5) is 16.1. The lowest BCUT2D eigenvalue weighted by Gasteiger charge is -2.29. The lowest BCUT2D eigenvalue weighted by Crippen LogP contribution is -2.49. The third-order valence-electron chi connectivity index (χ3n) is 3.11. The van der Waals surface area contributed by atoms with Gasteiger partial charge in [0.15, 0.2) is 0 Å². The highest BCUT2D eigenvalue weighted by Gasteiger charge is 2.24. The second-order valence-corrected chi connectivity index (χ2v) is 5.22. The van der Waals surface area contributed by atoms with Crippen LogP contribution in [0.1, 0.15) is 36.2 Å². The van der Waals surface area contributed by atoms with Crippen LogP contribution < -0.4 is 11.1 Å². The number of rotatable bonds is 2. The van der Waals surface area contributed by atoms with Crippen LogP contribution >= 0.6 is 15.9 Å². The van der Waals surface area contributed by atoms with E-state index in [9.17, 15) is 4.79 Å². The Morgan fingerprint density at radius 1 is 1.47 bits per heavy atom. The van der Waals surface area contributed by atoms with Crippen LogP contribution in [0.15, 0.2) is 22.8 Å². The number of hydrogen-bond acceptors (Lipinski definition) is 3. The van der Waals surface area contributed by atoms with E-state index in [4.69, 9.17) is 5.73 Å². The fraction of sp³-hybridized carbons (Fsp3) is 0.500. The Morgan fingerprint density at radius 2 is 2.24 bits per heavy atom. The summed E-state index contributed by atoms with van der Waals surface area (Å²) in [5.41, 5.74) is 6.42. The average molecular weight is 298 g/mol. The Morgan fingerprint density at radius 3 is 2.94 bits per heavy atom. The van der Waals surface area contributed by atoms with Crippen LogP contribution in [0.4, 0.5) is 0 Å². The maximum atomic E-state index is 12.0. The van der Waals surface area contributed by atoms with E-state index >= 15 is 0 Å². The Balaban J connectivity index is 2.04. The van der Waals surface area contributed by atoms with Crippen molar-refractivity contribution in [2.75, 3.05) is 0 Å². The van der Waals surface area contributed by atoms with Crippen molar-refractivity contribution in [2.24, 2.45) is 5.73 Å². The number of nitrogens with zero attached hydrogens (tertiary/aromatic N) is 1. The molecule has 0 spiro atoms. The molecule has 1 aromatic heterocycles. The van der Waals surface area contributed by atoms with E-state index in [0.29, 0.717) is 10.2 Å². The summed E-state index contributed by atoms with van der Waals surface area (Å²) >= 11 is 3.32. The van der Waals surface area contributed by atoms with Crippen molar-refractivity contribution in [1.29, 1.82) is 0 Å². The highest BCUT2D eigenvalue weighted by molar-refractivity contribution is 9.10. The van der Waals surface area contributed by atoms with Gasteiger partial charge < -0.3 is 11.1 Å². The van der Waals surface area contributed by atoms with E-state index in [-0.39, 0.29) is 18.0 Å². The van der Waals surface area contributed by atoms with E-state index in [2.05, 4.69) is 26.2 Å². The molecule has 5 heteroatoms. The van der Waals surface area contributed by atoms with Gasteiger partial charge in [0, 0.05) is 22.8 Å². The van der Waals surface area contributed by atoms with Crippen LogP contribution in [0.3, 0.4) is 0 Å². The molecule has 2 atom stereocenters. The minimum absolute atomic E-state index is 0.0650. The van der Waals surface area contributed by atoms with Gasteiger partial charge in [-0.3, -0.25) is 4.79 Å². The number of aromatic nitrogens is 1. The first kappa shape index (κ1) is 12.5. The molecular weight excluding hydrogens is 282 g/mol. The molecule has 1 aliphatic carbocycles. The molecule has 2 unspecified atom stereocenters. The van der Waals surface area contributed by atoms with Crippen LogP contribution in [-0.4, -0.2) is 23.0 Å². The van der Waals surface area contributed by atoms with Gasteiger partial charge in [0.25, 0.3) is 5.91 Å². The zero-order valence-electron chi connectivity index (χ0n) is 9.53. The van der Waals surface area contributed by atoms with Crippen molar-refractivity contribution < 1.29 is 4.79 Å². The minimum atomic E-state index is -0.153. The number of carbonyl (C=O) groups excluding carboxylic acids is 1. The van der Waals surface area contributed by atoms with Crippen LogP contribution in [0.5, 0.6) is 0 Å². The summed E-state index contributed by atoms with van der Waals surface area (Å²) < 4.78 is 0.710. The highest BCUT2D eigenvalue weighted by Crippen LogP contribution is 2.18. The summed E-state index contributed by atoms with van der Waals surface area (Å²) in [5.74, 6) is -0.153. The standard InChI is InChI=1S/C12H16BrN3O/c13-8-4-3-7-15-11(8)12(17)16-10-6-2-1-5-9(10)14/h3-4,7,9-10H,1-2,5-6,14H2,(H,16,17). The Bertz CT molecular complexity index is 410. The largest absolute Gasteiger partial charge is 0.346 e. The minimum Gasteiger partial charge on any atom is -0.346 e. The maximum absolute atomic E-state index is 12.0. The molecule has 0 saturated heterocycles. The molecule has 1 aliphatic rings. The molecule has 17 heavy (non-hydrogen) atoms. The van der Waals surface area contributed by atoms with Gasteiger partial charge >= 0.3 is 0 Å². The first-order chi connectivity index (χ1) is 8.18. The zero-order valence-corrected chi connectivity index (χ0v) is 11.1. The molecule has 1 saturated carbocycles. The van der Waals surface area contributed by atoms with E-state index < -0.39 is 0 Å². The fourth-order valence-electron chi connectivity index (χ4n) is 2.13. The van der Waals surface area contributed by atoms with Crippen LogP contribution in [-0.2, 0) is 0 Å². The first-order valence-electron chi connectivity index (χ1n) is 5.85. The zero-order chi connectivity index (χ0) is 12.3. The highest BCUT2D eigenvalue weighted by atomic mass is 79.9. The number of nitrogens with one attached hydrogen (secondary N) is 1. The molecule has 0 bridgehead atoms. The second-order valence-electron chi connectivity index (χ2n) is 4.36. The van der Waals surface area contributed by atoms with Crippen molar-refractivity contribution in [2.45, 2.75) is 37.8 Å². The smallest absolute Gasteiger partial charge is 0.271 e. The molecular formula is C12H16BrN3O. The Hall–Kier alpha value is -0.940. The lowest BCUT2D eigenvalue weighted by molar-refractivity contribution is 0.0915. The fourth-order valence-corrected chi connectivity index (χ4v) is 2.56. The predicted octanol–water partition coefficient (Wildman–Crippen LogP) is 1.84. The maximum Gasteiger partial charge on any atom is 0.271 e. The molecule has 1 heterocycles. The van der Waals surface area contributed by atoms with Gasteiger partial charge in [-0.05, 0) is 40.9 Å².